The van der Waals surface area contributed by atoms with Crippen molar-refractivity contribution in [3.8, 4) is 5.75 Å². The quantitative estimate of drug-likeness (QED) is 0.796. The van der Waals surface area contributed by atoms with Crippen molar-refractivity contribution in [3.63, 3.8) is 0 Å². The predicted molar refractivity (Wildman–Crippen MR) is 86.5 cm³/mol. The molecule has 1 fully saturated rings. The average Bonchev–Trinajstić information content (AvgIpc) is 2.46. The highest BCUT2D eigenvalue weighted by Crippen LogP contribution is 2.30. The van der Waals surface area contributed by atoms with Crippen molar-refractivity contribution in [2.45, 2.75) is 46.0 Å². The minimum Gasteiger partial charge on any atom is -0.493 e. The molecule has 20 heavy (non-hydrogen) atoms. The van der Waals surface area contributed by atoms with E-state index in [1.807, 2.05) is 6.07 Å². The molecule has 3 heteroatoms. The number of hydrogen-bond donors (Lipinski definition) is 1. The van der Waals surface area contributed by atoms with Crippen molar-refractivity contribution in [2.75, 3.05) is 30.3 Å². The van der Waals surface area contributed by atoms with Gasteiger partial charge in [0, 0.05) is 36.6 Å². The smallest absolute Gasteiger partial charge is 0.123 e. The maximum atomic E-state index is 6.01. The molecule has 0 radical (unpaired) electrons. The van der Waals surface area contributed by atoms with Gasteiger partial charge in [-0.05, 0) is 31.2 Å². The normalized spacial score (nSPS) is 16.4. The molecule has 1 heterocycles. The van der Waals surface area contributed by atoms with Gasteiger partial charge in [-0.2, -0.15) is 0 Å². The number of rotatable bonds is 6. The lowest BCUT2D eigenvalue weighted by molar-refractivity contribution is 0.317. The highest BCUT2D eigenvalue weighted by molar-refractivity contribution is 5.60. The lowest BCUT2D eigenvalue weighted by Gasteiger charge is -2.34. The van der Waals surface area contributed by atoms with Gasteiger partial charge in [-0.25, -0.2) is 0 Å². The summed E-state index contributed by atoms with van der Waals surface area (Å²) in [5, 5.41) is 0. The summed E-state index contributed by atoms with van der Waals surface area (Å²) >= 11 is 0. The molecule has 0 atom stereocenters. The topological polar surface area (TPSA) is 38.5 Å². The summed E-state index contributed by atoms with van der Waals surface area (Å²) < 4.78 is 5.72. The van der Waals surface area contributed by atoms with Crippen LogP contribution in [0.2, 0.25) is 0 Å². The average molecular weight is 276 g/mol. The predicted octanol–water partition coefficient (Wildman–Crippen LogP) is 4.07. The molecule has 0 aromatic heterocycles. The van der Waals surface area contributed by atoms with E-state index in [9.17, 15) is 0 Å². The second kappa shape index (κ2) is 7.41. The molecule has 0 spiro atoms. The summed E-state index contributed by atoms with van der Waals surface area (Å²) in [7, 11) is 0. The molecule has 3 nitrogen and oxygen atoms in total. The number of hydrogen-bond acceptors (Lipinski definition) is 3. The molecule has 0 aliphatic carbocycles. The van der Waals surface area contributed by atoms with Crippen LogP contribution in [0.25, 0.3) is 0 Å². The largest absolute Gasteiger partial charge is 0.493 e. The fourth-order valence-electron chi connectivity index (χ4n) is 2.98. The highest BCUT2D eigenvalue weighted by Gasteiger charge is 2.19. The minimum absolute atomic E-state index is 0.751. The molecule has 0 bridgehead atoms. The Hall–Kier alpha value is -1.38. The molecule has 1 aromatic rings. The van der Waals surface area contributed by atoms with Gasteiger partial charge in [0.15, 0.2) is 0 Å². The van der Waals surface area contributed by atoms with Crippen molar-refractivity contribution in [2.24, 2.45) is 5.92 Å². The van der Waals surface area contributed by atoms with Crippen LogP contribution in [0, 0.1) is 5.92 Å². The first kappa shape index (κ1) is 15.0. The first-order valence-electron chi connectivity index (χ1n) is 8.01. The Labute approximate surface area is 123 Å². The molecule has 1 aromatic carbocycles. The maximum absolute atomic E-state index is 6.01. The van der Waals surface area contributed by atoms with Crippen LogP contribution in [0.1, 0.15) is 46.0 Å². The molecule has 2 rings (SSSR count). The second-order valence-corrected chi connectivity index (χ2v) is 5.83. The second-order valence-electron chi connectivity index (χ2n) is 5.83. The van der Waals surface area contributed by atoms with Gasteiger partial charge >= 0.3 is 0 Å². The number of ether oxygens (including phenoxy) is 1. The number of nitrogens with two attached hydrogens (primary N) is 1. The van der Waals surface area contributed by atoms with Gasteiger partial charge in [0.25, 0.3) is 0 Å². The van der Waals surface area contributed by atoms with Crippen LogP contribution in [0.4, 0.5) is 11.4 Å². The first-order valence-corrected chi connectivity index (χ1v) is 8.01. The fourth-order valence-corrected chi connectivity index (χ4v) is 2.98. The Balaban J connectivity index is 2.00. The standard InChI is InChI=1S/C17H28N2O/c1-3-5-14-6-8-19(9-7-14)16-11-15(18)12-17(13-16)20-10-4-2/h11-14H,3-10,18H2,1-2H3. The Morgan fingerprint density at radius 3 is 2.55 bits per heavy atom. The van der Waals surface area contributed by atoms with Crippen molar-refractivity contribution in [3.05, 3.63) is 18.2 Å². The summed E-state index contributed by atoms with van der Waals surface area (Å²) in [4.78, 5) is 2.45. The third kappa shape index (κ3) is 4.06. The van der Waals surface area contributed by atoms with E-state index in [1.54, 1.807) is 0 Å². The molecule has 0 unspecified atom stereocenters. The van der Waals surface area contributed by atoms with Crippen LogP contribution < -0.4 is 15.4 Å². The Morgan fingerprint density at radius 2 is 1.90 bits per heavy atom. The van der Waals surface area contributed by atoms with Crippen LogP contribution in [0.15, 0.2) is 18.2 Å². The van der Waals surface area contributed by atoms with Crippen LogP contribution in [-0.4, -0.2) is 19.7 Å². The van der Waals surface area contributed by atoms with E-state index in [0.717, 1.165) is 43.5 Å². The maximum Gasteiger partial charge on any atom is 0.123 e. The number of nitrogen functional groups attached to an aromatic ring is 1. The van der Waals surface area contributed by atoms with E-state index in [4.69, 9.17) is 10.5 Å². The fraction of sp³-hybridized carbons (Fsp3) is 0.647. The molecular weight excluding hydrogens is 248 g/mol. The SMILES string of the molecule is CCCOc1cc(N)cc(N2CCC(CCC)CC2)c1. The zero-order valence-electron chi connectivity index (χ0n) is 12.9. The van der Waals surface area contributed by atoms with Crippen LogP contribution in [0.5, 0.6) is 5.75 Å². The monoisotopic (exact) mass is 276 g/mol. The zero-order chi connectivity index (χ0) is 14.4. The van der Waals surface area contributed by atoms with Gasteiger partial charge in [0.05, 0.1) is 6.61 Å². The van der Waals surface area contributed by atoms with Crippen LogP contribution in [-0.2, 0) is 0 Å². The van der Waals surface area contributed by atoms with E-state index in [1.165, 1.54) is 31.4 Å². The first-order chi connectivity index (χ1) is 9.72. The Bertz CT molecular complexity index is 411. The molecule has 1 aliphatic heterocycles. The Morgan fingerprint density at radius 1 is 1.15 bits per heavy atom. The zero-order valence-corrected chi connectivity index (χ0v) is 12.9. The number of benzene rings is 1. The van der Waals surface area contributed by atoms with Crippen LogP contribution >= 0.6 is 0 Å². The van der Waals surface area contributed by atoms with Gasteiger partial charge in [-0.15, -0.1) is 0 Å². The van der Waals surface area contributed by atoms with Crippen LogP contribution in [0.3, 0.4) is 0 Å². The summed E-state index contributed by atoms with van der Waals surface area (Å²) in [6, 6.07) is 6.12. The third-order valence-electron chi connectivity index (χ3n) is 4.06. The van der Waals surface area contributed by atoms with Crippen molar-refractivity contribution < 1.29 is 4.74 Å². The van der Waals surface area contributed by atoms with Gasteiger partial charge in [0.1, 0.15) is 5.75 Å². The third-order valence-corrected chi connectivity index (χ3v) is 4.06. The van der Waals surface area contributed by atoms with E-state index >= 15 is 0 Å². The van der Waals surface area contributed by atoms with Gasteiger partial charge in [0.2, 0.25) is 0 Å². The van der Waals surface area contributed by atoms with Crippen molar-refractivity contribution >= 4 is 11.4 Å². The summed E-state index contributed by atoms with van der Waals surface area (Å²) in [6.45, 7) is 7.43. The summed E-state index contributed by atoms with van der Waals surface area (Å²) in [5.41, 5.74) is 8.02. The summed E-state index contributed by atoms with van der Waals surface area (Å²) in [5.74, 6) is 1.81. The Kier molecular flexibility index (Phi) is 5.57. The number of piperidine rings is 1. The molecule has 1 aliphatic rings. The summed E-state index contributed by atoms with van der Waals surface area (Å²) in [6.07, 6.45) is 6.29. The van der Waals surface area contributed by atoms with Gasteiger partial charge < -0.3 is 15.4 Å². The lowest BCUT2D eigenvalue weighted by atomic mass is 9.92. The van der Waals surface area contributed by atoms with Crippen molar-refractivity contribution in [1.29, 1.82) is 0 Å². The van der Waals surface area contributed by atoms with Crippen molar-refractivity contribution in [1.82, 2.24) is 0 Å². The van der Waals surface area contributed by atoms with Gasteiger partial charge in [-0.1, -0.05) is 26.7 Å². The molecule has 0 amide bonds. The number of anilines is 2. The van der Waals surface area contributed by atoms with E-state index in [0.29, 0.717) is 0 Å². The van der Waals surface area contributed by atoms with E-state index in [2.05, 4.69) is 30.9 Å². The number of nitrogens with zero attached hydrogens (tertiary/aromatic N) is 1. The molecule has 1 saturated heterocycles. The molecular formula is C17H28N2O. The minimum atomic E-state index is 0.751. The molecule has 2 N–H and O–H groups in total. The molecule has 112 valence electrons. The molecule has 0 saturated carbocycles. The van der Waals surface area contributed by atoms with E-state index < -0.39 is 0 Å². The highest BCUT2D eigenvalue weighted by atomic mass is 16.5. The lowest BCUT2D eigenvalue weighted by Crippen LogP contribution is -2.33. The van der Waals surface area contributed by atoms with E-state index in [-0.39, 0.29) is 0 Å². The van der Waals surface area contributed by atoms with Gasteiger partial charge in [-0.3, -0.25) is 0 Å².